The van der Waals surface area contributed by atoms with Crippen LogP contribution in [0.1, 0.15) is 15.9 Å². The maximum atomic E-state index is 12.9. The molecule has 0 unspecified atom stereocenters. The number of nitrogens with one attached hydrogen (secondary N) is 3. The van der Waals surface area contributed by atoms with E-state index in [0.29, 0.717) is 16.8 Å². The summed E-state index contributed by atoms with van der Waals surface area (Å²) < 4.78 is 26.5. The van der Waals surface area contributed by atoms with E-state index in [1.165, 1.54) is 36.4 Å². The highest BCUT2D eigenvalue weighted by Gasteiger charge is 2.32. The van der Waals surface area contributed by atoms with E-state index in [2.05, 4.69) is 10.6 Å². The van der Waals surface area contributed by atoms with Gasteiger partial charge in [-0.05, 0) is 60.2 Å². The molecule has 3 N–H and O–H groups in total. The Morgan fingerprint density at radius 1 is 1.03 bits per heavy atom. The van der Waals surface area contributed by atoms with Crippen LogP contribution in [-0.2, 0) is 21.2 Å². The molecule has 0 radical (unpaired) electrons. The van der Waals surface area contributed by atoms with Gasteiger partial charge in [0.1, 0.15) is 4.21 Å². The number of imide groups is 1. The summed E-state index contributed by atoms with van der Waals surface area (Å²) in [5.41, 5.74) is 2.50. The lowest BCUT2D eigenvalue weighted by Crippen LogP contribution is -2.42. The van der Waals surface area contributed by atoms with Crippen LogP contribution in [0, 0.1) is 0 Å². The number of rotatable bonds is 5. The van der Waals surface area contributed by atoms with Gasteiger partial charge in [0.05, 0.1) is 16.4 Å². The first kappa shape index (κ1) is 22.8. The smallest absolute Gasteiger partial charge is 0.333 e. The molecule has 1 aliphatic rings. The highest BCUT2D eigenvalue weighted by atomic mass is 35.5. The number of anilines is 3. The number of carbonyl (C=O) groups excluding carboxylic acids is 3. The maximum Gasteiger partial charge on any atom is 0.333 e. The number of fused-ring (bicyclic) bond motifs is 1. The van der Waals surface area contributed by atoms with Crippen LogP contribution in [0.25, 0.3) is 0 Å². The van der Waals surface area contributed by atoms with Crippen LogP contribution < -0.4 is 20.3 Å². The molecule has 0 saturated heterocycles. The summed E-state index contributed by atoms with van der Waals surface area (Å²) in [6.45, 7) is 0. The van der Waals surface area contributed by atoms with Gasteiger partial charge in [-0.3, -0.25) is 9.59 Å². The van der Waals surface area contributed by atoms with Crippen LogP contribution >= 0.6 is 22.9 Å². The Kier molecular flexibility index (Phi) is 6.11. The lowest BCUT2D eigenvalue weighted by Gasteiger charge is -2.27. The molecule has 12 heteroatoms. The molecular weight excluding hydrogens is 488 g/mol. The van der Waals surface area contributed by atoms with E-state index >= 15 is 0 Å². The molecule has 2 aromatic carbocycles. The normalized spacial score (nSPS) is 13.5. The quantitative estimate of drug-likeness (QED) is 0.455. The maximum absolute atomic E-state index is 12.9. The van der Waals surface area contributed by atoms with Crippen LogP contribution in [0.3, 0.4) is 0 Å². The van der Waals surface area contributed by atoms with Crippen molar-refractivity contribution >= 4 is 67.9 Å². The zero-order chi connectivity index (χ0) is 23.8. The molecule has 0 spiro atoms. The minimum atomic E-state index is -4.06. The molecule has 2 heterocycles. The van der Waals surface area contributed by atoms with Crippen molar-refractivity contribution in [3.8, 4) is 0 Å². The Morgan fingerprint density at radius 2 is 1.73 bits per heavy atom. The van der Waals surface area contributed by atoms with E-state index in [0.717, 1.165) is 21.9 Å². The van der Waals surface area contributed by atoms with Gasteiger partial charge in [-0.15, -0.1) is 11.3 Å². The number of hydrogen-bond donors (Lipinski definition) is 3. The van der Waals surface area contributed by atoms with Gasteiger partial charge >= 0.3 is 6.03 Å². The van der Waals surface area contributed by atoms with E-state index in [1.54, 1.807) is 25.2 Å². The van der Waals surface area contributed by atoms with E-state index < -0.39 is 22.0 Å². The molecule has 4 rings (SSSR count). The fraction of sp³-hybridized carbons (Fsp3) is 0.0952. The summed E-state index contributed by atoms with van der Waals surface area (Å²) in [7, 11) is -2.31. The minimum Gasteiger partial charge on any atom is -0.388 e. The lowest BCUT2D eigenvalue weighted by atomic mass is 9.97. The van der Waals surface area contributed by atoms with E-state index in [9.17, 15) is 22.8 Å². The molecule has 0 bridgehead atoms. The Balaban J connectivity index is 1.47. The largest absolute Gasteiger partial charge is 0.388 e. The Bertz CT molecular complexity index is 1370. The van der Waals surface area contributed by atoms with Crippen LogP contribution in [0.15, 0.2) is 58.8 Å². The van der Waals surface area contributed by atoms with Crippen molar-refractivity contribution in [1.82, 2.24) is 4.72 Å². The SMILES string of the molecule is CNc1ccc2c(c1)CC(=O)N(c1ccc(NC(=O)NS(=O)(=O)c3ccc(Cl)s3)cc1)C2=O. The monoisotopic (exact) mass is 504 g/mol. The van der Waals surface area contributed by atoms with Crippen molar-refractivity contribution in [3.05, 3.63) is 70.1 Å². The molecule has 0 atom stereocenters. The Hall–Kier alpha value is -3.41. The number of nitrogens with zero attached hydrogens (tertiary/aromatic N) is 1. The highest BCUT2D eigenvalue weighted by molar-refractivity contribution is 7.92. The van der Waals surface area contributed by atoms with E-state index in [4.69, 9.17) is 11.6 Å². The summed E-state index contributed by atoms with van der Waals surface area (Å²) in [5.74, 6) is -0.817. The van der Waals surface area contributed by atoms with Crippen molar-refractivity contribution in [1.29, 1.82) is 0 Å². The van der Waals surface area contributed by atoms with Crippen molar-refractivity contribution in [2.45, 2.75) is 10.6 Å². The number of urea groups is 1. The van der Waals surface area contributed by atoms with Crippen molar-refractivity contribution < 1.29 is 22.8 Å². The third-order valence-electron chi connectivity index (χ3n) is 4.84. The number of sulfonamides is 1. The van der Waals surface area contributed by atoms with Gasteiger partial charge in [-0.25, -0.2) is 22.8 Å². The number of hydrogen-bond acceptors (Lipinski definition) is 7. The van der Waals surface area contributed by atoms with E-state index in [1.807, 2.05) is 4.72 Å². The number of benzene rings is 2. The third kappa shape index (κ3) is 4.70. The molecule has 0 saturated carbocycles. The van der Waals surface area contributed by atoms with Gasteiger partial charge in [0.25, 0.3) is 15.9 Å². The van der Waals surface area contributed by atoms with Gasteiger partial charge in [0.2, 0.25) is 5.91 Å². The molecule has 170 valence electrons. The summed E-state index contributed by atoms with van der Waals surface area (Å²) >= 11 is 6.57. The molecule has 1 aromatic heterocycles. The van der Waals surface area contributed by atoms with Crippen LogP contribution in [0.5, 0.6) is 0 Å². The molecule has 33 heavy (non-hydrogen) atoms. The zero-order valence-electron chi connectivity index (χ0n) is 17.1. The Labute approximate surface area is 198 Å². The molecular formula is C21H17ClN4O5S2. The number of amides is 4. The number of halogens is 1. The molecule has 0 aliphatic carbocycles. The summed E-state index contributed by atoms with van der Waals surface area (Å²) in [6.07, 6.45) is 0.0730. The Morgan fingerprint density at radius 3 is 2.36 bits per heavy atom. The number of thiophene rings is 1. The molecule has 4 amide bonds. The second kappa shape index (κ2) is 8.85. The first-order valence-electron chi connectivity index (χ1n) is 9.55. The average Bonchev–Trinajstić information content (AvgIpc) is 3.21. The van der Waals surface area contributed by atoms with Gasteiger partial charge < -0.3 is 10.6 Å². The summed E-state index contributed by atoms with van der Waals surface area (Å²) in [4.78, 5) is 38.8. The predicted octanol–water partition coefficient (Wildman–Crippen LogP) is 3.68. The number of carbonyl (C=O) groups is 3. The van der Waals surface area contributed by atoms with Crippen molar-refractivity contribution in [2.75, 3.05) is 22.6 Å². The van der Waals surface area contributed by atoms with Gasteiger partial charge in [0, 0.05) is 24.0 Å². The highest BCUT2D eigenvalue weighted by Crippen LogP contribution is 2.28. The third-order valence-corrected chi connectivity index (χ3v) is 7.90. The molecule has 9 nitrogen and oxygen atoms in total. The zero-order valence-corrected chi connectivity index (χ0v) is 19.5. The summed E-state index contributed by atoms with van der Waals surface area (Å²) in [5, 5.41) is 5.38. The fourth-order valence-electron chi connectivity index (χ4n) is 3.31. The van der Waals surface area contributed by atoms with Crippen LogP contribution in [-0.4, -0.2) is 33.3 Å². The minimum absolute atomic E-state index is 0.0730. The second-order valence-corrected chi connectivity index (χ2v) is 10.6. The molecule has 0 fully saturated rings. The van der Waals surface area contributed by atoms with Gasteiger partial charge in [-0.1, -0.05) is 11.6 Å². The van der Waals surface area contributed by atoms with Gasteiger partial charge in [-0.2, -0.15) is 0 Å². The van der Waals surface area contributed by atoms with Crippen LogP contribution in [0.2, 0.25) is 4.34 Å². The van der Waals surface area contributed by atoms with Gasteiger partial charge in [0.15, 0.2) is 0 Å². The topological polar surface area (TPSA) is 125 Å². The van der Waals surface area contributed by atoms with Crippen LogP contribution in [0.4, 0.5) is 21.9 Å². The van der Waals surface area contributed by atoms with E-state index in [-0.39, 0.29) is 26.6 Å². The predicted molar refractivity (Wildman–Crippen MR) is 127 cm³/mol. The second-order valence-electron chi connectivity index (χ2n) is 7.00. The summed E-state index contributed by atoms with van der Waals surface area (Å²) in [6, 6.07) is 12.9. The molecule has 1 aliphatic heterocycles. The fourth-order valence-corrected chi connectivity index (χ4v) is 5.70. The van der Waals surface area contributed by atoms with Crippen molar-refractivity contribution in [3.63, 3.8) is 0 Å². The standard InChI is InChI=1S/C21H17ClN4O5S2/c1-23-14-4-7-16-12(10-14)11-18(27)26(20(16)28)15-5-2-13(3-6-15)24-21(29)25-33(30,31)19-9-8-17(22)32-19/h2-10,23H,11H2,1H3,(H2,24,25,29). The first-order chi connectivity index (χ1) is 15.7. The lowest BCUT2D eigenvalue weighted by molar-refractivity contribution is -0.117. The molecule has 3 aromatic rings. The van der Waals surface area contributed by atoms with Crippen molar-refractivity contribution in [2.24, 2.45) is 0 Å². The first-order valence-corrected chi connectivity index (χ1v) is 12.2. The average molecular weight is 505 g/mol.